The van der Waals surface area contributed by atoms with Crippen LogP contribution in [-0.2, 0) is 50.7 Å². The summed E-state index contributed by atoms with van der Waals surface area (Å²) in [5.74, 6) is 0.544. The third-order valence-corrected chi connectivity index (χ3v) is 15.4. The van der Waals surface area contributed by atoms with E-state index in [0.717, 1.165) is 139 Å². The van der Waals surface area contributed by atoms with E-state index in [1.54, 1.807) is 12.1 Å². The first-order chi connectivity index (χ1) is 31.3. The minimum atomic E-state index is -5.70. The van der Waals surface area contributed by atoms with Gasteiger partial charge in [-0.1, -0.05) is 26.0 Å². The lowest BCUT2D eigenvalue weighted by Gasteiger charge is -2.41. The second-order valence-corrected chi connectivity index (χ2v) is 21.2. The number of likely N-dealkylation sites (tertiary alicyclic amines) is 1. The minimum Gasteiger partial charge on any atom is -0.378 e. The molecule has 0 aromatic heterocycles. The Bertz CT molecular complexity index is 2130. The first-order valence-corrected chi connectivity index (χ1v) is 26.1. The molecule has 0 spiro atoms. The van der Waals surface area contributed by atoms with E-state index in [4.69, 9.17) is 4.74 Å². The monoisotopic (exact) mass is 981 g/mol. The number of alkyl halides is 6. The summed E-state index contributed by atoms with van der Waals surface area (Å²) in [5, 5.41) is 3.39. The van der Waals surface area contributed by atoms with Gasteiger partial charge >= 0.3 is 37.3 Å². The Hall–Kier alpha value is -3.37. The summed E-state index contributed by atoms with van der Waals surface area (Å²) in [6, 6.07) is 9.47. The van der Waals surface area contributed by atoms with Gasteiger partial charge < -0.3 is 28.2 Å². The predicted octanol–water partition coefficient (Wildman–Crippen LogP) is 7.13. The fourth-order valence-corrected chi connectivity index (χ4v) is 10.8. The van der Waals surface area contributed by atoms with Crippen molar-refractivity contribution in [3.05, 3.63) is 58.7 Å². The highest BCUT2D eigenvalue weighted by atomic mass is 32.2. The standard InChI is InChI=1S/C25H36F3N3O5S.C20H29F3N2O3S/c1-2-9-31(18-19-7-10-29(11-8-19)24(32)30-12-14-35-15-13-30)22-5-3-20-4-6-23(17-21(20)16-22)36-37(33,34)25(26,27)28;1-2-11-25(14-15-7-9-24-10-8-15)18-5-3-16-4-6-19(13-17(16)12-18)28-29(26,27)20(21,22)23/h4,6,17,19,22H,2-3,5,7-16,18H2,1H3;4,6,13,15,18,24H,2-3,5,7-12,14H2,1H3. The lowest BCUT2D eigenvalue weighted by molar-refractivity contribution is -0.0504. The van der Waals surface area contributed by atoms with Gasteiger partial charge in [0.15, 0.2) is 0 Å². The van der Waals surface area contributed by atoms with E-state index in [1.165, 1.54) is 24.3 Å². The molecule has 3 fully saturated rings. The molecule has 2 aromatic carbocycles. The lowest BCUT2D eigenvalue weighted by Crippen LogP contribution is -2.51. The van der Waals surface area contributed by atoms with E-state index in [0.29, 0.717) is 57.0 Å². The Morgan fingerprint density at radius 3 is 1.50 bits per heavy atom. The maximum absolute atomic E-state index is 12.8. The number of nitrogens with zero attached hydrogens (tertiary/aromatic N) is 4. The molecule has 372 valence electrons. The van der Waals surface area contributed by atoms with Crippen molar-refractivity contribution < 1.29 is 61.1 Å². The highest BCUT2D eigenvalue weighted by Gasteiger charge is 2.49. The maximum Gasteiger partial charge on any atom is 0.534 e. The van der Waals surface area contributed by atoms with Crippen molar-refractivity contribution in [3.8, 4) is 11.5 Å². The van der Waals surface area contributed by atoms with E-state index in [2.05, 4.69) is 37.3 Å². The quantitative estimate of drug-likeness (QED) is 0.118. The van der Waals surface area contributed by atoms with Crippen LogP contribution in [0, 0.1) is 11.8 Å². The van der Waals surface area contributed by atoms with Gasteiger partial charge in [0, 0.05) is 51.4 Å². The van der Waals surface area contributed by atoms with E-state index >= 15 is 0 Å². The normalized spacial score (nSPS) is 21.5. The SMILES string of the molecule is CCCN(CC1CCN(C(=O)N2CCOCC2)CC1)C1CCc2ccc(OS(=O)(=O)C(F)(F)F)cc2C1.CCCN(CC1CCNCC1)C1CCc2ccc(OS(=O)(=O)C(F)(F)F)cc2C1. The highest BCUT2D eigenvalue weighted by Crippen LogP contribution is 2.34. The molecule has 1 N–H and O–H groups in total. The summed E-state index contributed by atoms with van der Waals surface area (Å²) in [4.78, 5) is 21.6. The summed E-state index contributed by atoms with van der Waals surface area (Å²) in [6.45, 7) is 14.2. The fraction of sp³-hybridized carbons (Fsp3) is 0.711. The number of carbonyl (C=O) groups excluding carboxylic acids is 1. The third-order valence-electron chi connectivity index (χ3n) is 13.4. The molecule has 0 saturated carbocycles. The number of piperidine rings is 2. The molecule has 3 heterocycles. The molecule has 0 radical (unpaired) electrons. The number of halogens is 6. The number of ether oxygens (including phenoxy) is 1. The molecule has 3 aliphatic heterocycles. The molecule has 2 amide bonds. The van der Waals surface area contributed by atoms with Crippen LogP contribution in [0.2, 0.25) is 0 Å². The first-order valence-electron chi connectivity index (χ1n) is 23.3. The minimum absolute atomic E-state index is 0.0987. The Kier molecular flexibility index (Phi) is 18.0. The fourth-order valence-electron chi connectivity index (χ4n) is 9.91. The van der Waals surface area contributed by atoms with Crippen molar-refractivity contribution in [1.82, 2.24) is 24.9 Å². The molecule has 3 saturated heterocycles. The number of aryl methyl sites for hydroxylation is 2. The van der Waals surface area contributed by atoms with Crippen molar-refractivity contribution in [1.29, 1.82) is 0 Å². The molecular weight excluding hydrogens is 917 g/mol. The number of benzene rings is 2. The van der Waals surface area contributed by atoms with Gasteiger partial charge in [0.25, 0.3) is 0 Å². The Morgan fingerprint density at radius 1 is 0.652 bits per heavy atom. The van der Waals surface area contributed by atoms with Crippen LogP contribution in [0.4, 0.5) is 31.1 Å². The molecule has 2 unspecified atom stereocenters. The molecule has 0 bridgehead atoms. The third kappa shape index (κ3) is 13.9. The van der Waals surface area contributed by atoms with Crippen molar-refractivity contribution >= 4 is 26.3 Å². The van der Waals surface area contributed by atoms with Crippen LogP contribution in [0.15, 0.2) is 36.4 Å². The number of nitrogens with one attached hydrogen (secondary N) is 1. The predicted molar refractivity (Wildman–Crippen MR) is 237 cm³/mol. The average molecular weight is 982 g/mol. The second kappa shape index (κ2) is 22.8. The topological polar surface area (TPSA) is 138 Å². The van der Waals surface area contributed by atoms with E-state index in [9.17, 15) is 48.0 Å². The van der Waals surface area contributed by atoms with Gasteiger partial charge in [0.1, 0.15) is 11.5 Å². The number of amides is 2. The van der Waals surface area contributed by atoms with Gasteiger partial charge in [0.2, 0.25) is 0 Å². The number of urea groups is 1. The zero-order chi connectivity index (χ0) is 47.7. The summed E-state index contributed by atoms with van der Waals surface area (Å²) in [7, 11) is -11.4. The van der Waals surface area contributed by atoms with Crippen LogP contribution < -0.4 is 13.7 Å². The van der Waals surface area contributed by atoms with E-state index in [-0.39, 0.29) is 23.6 Å². The molecule has 66 heavy (non-hydrogen) atoms. The Labute approximate surface area is 385 Å². The summed E-state index contributed by atoms with van der Waals surface area (Å²) >= 11 is 0. The number of rotatable bonds is 14. The van der Waals surface area contributed by atoms with Crippen LogP contribution in [0.3, 0.4) is 0 Å². The van der Waals surface area contributed by atoms with Crippen LogP contribution in [-0.4, -0.2) is 144 Å². The largest absolute Gasteiger partial charge is 0.534 e. The number of morpholine rings is 1. The van der Waals surface area contributed by atoms with E-state index < -0.39 is 31.3 Å². The molecule has 13 nitrogen and oxygen atoms in total. The van der Waals surface area contributed by atoms with E-state index in [1.807, 2.05) is 9.80 Å². The Balaban J connectivity index is 0.000000225. The molecule has 2 atom stereocenters. The number of carbonyl (C=O) groups is 1. The zero-order valence-corrected chi connectivity index (χ0v) is 39.5. The second-order valence-electron chi connectivity index (χ2n) is 18.1. The van der Waals surface area contributed by atoms with Gasteiger partial charge in [-0.05, 0) is 162 Å². The van der Waals surface area contributed by atoms with Crippen LogP contribution >= 0.6 is 0 Å². The smallest absolute Gasteiger partial charge is 0.378 e. The lowest BCUT2D eigenvalue weighted by atomic mass is 9.86. The van der Waals surface area contributed by atoms with Gasteiger partial charge in [-0.25, -0.2) is 4.79 Å². The number of hydrogen-bond donors (Lipinski definition) is 1. The average Bonchev–Trinajstić information content (AvgIpc) is 3.28. The van der Waals surface area contributed by atoms with Crippen molar-refractivity contribution in [3.63, 3.8) is 0 Å². The van der Waals surface area contributed by atoms with Gasteiger partial charge in [-0.2, -0.15) is 43.2 Å². The summed E-state index contributed by atoms with van der Waals surface area (Å²) < 4.78 is 136. The number of fused-ring (bicyclic) bond motifs is 2. The summed E-state index contributed by atoms with van der Waals surface area (Å²) in [5.41, 5.74) is -7.12. The molecule has 7 rings (SSSR count). The molecule has 2 aliphatic carbocycles. The summed E-state index contributed by atoms with van der Waals surface area (Å²) in [6.07, 6.45) is 11.1. The van der Waals surface area contributed by atoms with Crippen LogP contribution in [0.5, 0.6) is 11.5 Å². The van der Waals surface area contributed by atoms with Gasteiger partial charge in [-0.3, -0.25) is 9.80 Å². The van der Waals surface area contributed by atoms with Gasteiger partial charge in [-0.15, -0.1) is 0 Å². The van der Waals surface area contributed by atoms with Crippen LogP contribution in [0.25, 0.3) is 0 Å². The zero-order valence-electron chi connectivity index (χ0n) is 37.9. The molecular formula is C45H65F6N5O8S2. The Morgan fingerprint density at radius 2 is 1.08 bits per heavy atom. The van der Waals surface area contributed by atoms with Crippen molar-refractivity contribution in [2.24, 2.45) is 11.8 Å². The molecule has 5 aliphatic rings. The number of hydrogen-bond acceptors (Lipinski definition) is 11. The van der Waals surface area contributed by atoms with Crippen LogP contribution in [0.1, 0.15) is 87.5 Å². The van der Waals surface area contributed by atoms with Crippen molar-refractivity contribution in [2.45, 2.75) is 114 Å². The molecule has 21 heteroatoms. The maximum atomic E-state index is 12.8. The van der Waals surface area contributed by atoms with Crippen molar-refractivity contribution in [2.75, 3.05) is 78.7 Å². The highest BCUT2D eigenvalue weighted by molar-refractivity contribution is 7.88. The molecule has 2 aromatic rings. The first kappa shape index (κ1) is 52.0. The van der Waals surface area contributed by atoms with Gasteiger partial charge in [0.05, 0.1) is 13.2 Å².